The minimum absolute atomic E-state index is 0.0358. The molecule has 0 unspecified atom stereocenters. The zero-order valence-electron chi connectivity index (χ0n) is 12.5. The van der Waals surface area contributed by atoms with Gasteiger partial charge in [0.15, 0.2) is 0 Å². The van der Waals surface area contributed by atoms with E-state index in [9.17, 15) is 5.11 Å². The summed E-state index contributed by atoms with van der Waals surface area (Å²) in [6.07, 6.45) is 4.38. The van der Waals surface area contributed by atoms with E-state index < -0.39 is 6.10 Å². The number of aliphatic hydroxyl groups is 1. The molecular formula is C19H21NO2. The topological polar surface area (TPSA) is 45.4 Å². The van der Waals surface area contributed by atoms with Crippen molar-refractivity contribution in [3.05, 3.63) is 84.4 Å². The molecule has 1 aliphatic carbocycles. The Kier molecular flexibility index (Phi) is 4.27. The Morgan fingerprint density at radius 1 is 1.36 bits per heavy atom. The van der Waals surface area contributed by atoms with Gasteiger partial charge in [-0.3, -0.25) is 5.32 Å². The van der Waals surface area contributed by atoms with Gasteiger partial charge in [-0.05, 0) is 29.7 Å². The third-order valence-corrected chi connectivity index (χ3v) is 4.23. The first-order chi connectivity index (χ1) is 10.7. The van der Waals surface area contributed by atoms with Gasteiger partial charge in [-0.2, -0.15) is 0 Å². The number of fused-ring (bicyclic) bond motifs is 1. The molecule has 22 heavy (non-hydrogen) atoms. The van der Waals surface area contributed by atoms with Gasteiger partial charge in [0.25, 0.3) is 0 Å². The fraction of sp³-hybridized carbons (Fsp3) is 0.263. The van der Waals surface area contributed by atoms with Crippen molar-refractivity contribution in [1.29, 1.82) is 0 Å². The maximum atomic E-state index is 10.4. The molecule has 3 rings (SSSR count). The highest BCUT2D eigenvalue weighted by Crippen LogP contribution is 2.34. The summed E-state index contributed by atoms with van der Waals surface area (Å²) in [5.41, 5.74) is 3.30. The van der Waals surface area contributed by atoms with Gasteiger partial charge in [-0.15, -0.1) is 0 Å². The lowest BCUT2D eigenvalue weighted by Gasteiger charge is -2.25. The van der Waals surface area contributed by atoms with Crippen molar-refractivity contribution in [2.24, 2.45) is 0 Å². The average Bonchev–Trinajstić information content (AvgIpc) is 3.15. The van der Waals surface area contributed by atoms with Crippen LogP contribution >= 0.6 is 0 Å². The number of hydrogen-bond donors (Lipinski definition) is 2. The Hall–Kier alpha value is -2.10. The summed E-state index contributed by atoms with van der Waals surface area (Å²) in [7, 11) is 0. The van der Waals surface area contributed by atoms with Crippen molar-refractivity contribution in [2.45, 2.75) is 31.0 Å². The highest BCUT2D eigenvalue weighted by Gasteiger charge is 2.33. The number of aliphatic hydroxyl groups excluding tert-OH is 1. The van der Waals surface area contributed by atoms with Gasteiger partial charge >= 0.3 is 0 Å². The quantitative estimate of drug-likeness (QED) is 0.799. The van der Waals surface area contributed by atoms with Crippen molar-refractivity contribution in [3.8, 4) is 0 Å². The molecule has 0 bridgehead atoms. The highest BCUT2D eigenvalue weighted by atomic mass is 16.3. The van der Waals surface area contributed by atoms with Gasteiger partial charge in [-0.1, -0.05) is 49.1 Å². The van der Waals surface area contributed by atoms with E-state index in [1.54, 1.807) is 12.3 Å². The molecule has 3 atom stereocenters. The Morgan fingerprint density at radius 2 is 2.18 bits per heavy atom. The van der Waals surface area contributed by atoms with Crippen LogP contribution in [-0.2, 0) is 6.42 Å². The lowest BCUT2D eigenvalue weighted by Crippen LogP contribution is -2.32. The zero-order chi connectivity index (χ0) is 15.5. The minimum Gasteiger partial charge on any atom is -0.468 e. The number of benzene rings is 1. The molecular weight excluding hydrogens is 274 g/mol. The molecule has 1 aromatic carbocycles. The van der Waals surface area contributed by atoms with Crippen molar-refractivity contribution in [3.63, 3.8) is 0 Å². The van der Waals surface area contributed by atoms with Gasteiger partial charge in [0, 0.05) is 6.42 Å². The molecule has 1 aliphatic rings. The Labute approximate surface area is 131 Å². The maximum absolute atomic E-state index is 10.4. The second kappa shape index (κ2) is 6.34. The molecule has 1 heterocycles. The molecule has 0 aliphatic heterocycles. The molecule has 0 fully saturated rings. The first kappa shape index (κ1) is 14.8. The second-order valence-corrected chi connectivity index (χ2v) is 5.75. The standard InChI is InChI=1S/C19H21NO2/c1-3-13(2)11-16(18-9-6-10-22-18)20-19-15-8-5-4-7-14(15)12-17(19)21/h3-10,16-17,19-21H,1-2,11-12H2/t16-,17+,19-/m0/s1. The molecule has 2 N–H and O–H groups in total. The summed E-state index contributed by atoms with van der Waals surface area (Å²) >= 11 is 0. The van der Waals surface area contributed by atoms with Crippen LogP contribution in [0.1, 0.15) is 35.4 Å². The molecule has 0 saturated carbocycles. The predicted molar refractivity (Wildman–Crippen MR) is 87.4 cm³/mol. The number of nitrogens with one attached hydrogen (secondary N) is 1. The van der Waals surface area contributed by atoms with Crippen LogP contribution in [-0.4, -0.2) is 11.2 Å². The van der Waals surface area contributed by atoms with Crippen molar-refractivity contribution in [2.75, 3.05) is 0 Å². The molecule has 3 nitrogen and oxygen atoms in total. The molecule has 0 spiro atoms. The van der Waals surface area contributed by atoms with E-state index in [1.165, 1.54) is 5.56 Å². The summed E-state index contributed by atoms with van der Waals surface area (Å²) in [6.45, 7) is 7.77. The summed E-state index contributed by atoms with van der Waals surface area (Å²) in [5, 5.41) is 13.9. The third kappa shape index (κ3) is 2.91. The Balaban J connectivity index is 1.84. The Bertz CT molecular complexity index is 660. The van der Waals surface area contributed by atoms with E-state index in [1.807, 2.05) is 24.3 Å². The van der Waals surface area contributed by atoms with Crippen LogP contribution in [0.5, 0.6) is 0 Å². The second-order valence-electron chi connectivity index (χ2n) is 5.75. The monoisotopic (exact) mass is 295 g/mol. The minimum atomic E-state index is -0.424. The van der Waals surface area contributed by atoms with Crippen LogP contribution in [0.25, 0.3) is 0 Å². The molecule has 0 amide bonds. The van der Waals surface area contributed by atoms with E-state index in [4.69, 9.17) is 4.42 Å². The van der Waals surface area contributed by atoms with E-state index in [2.05, 4.69) is 30.6 Å². The summed E-state index contributed by atoms with van der Waals surface area (Å²) < 4.78 is 5.55. The van der Waals surface area contributed by atoms with Crippen molar-refractivity contribution >= 4 is 0 Å². The predicted octanol–water partition coefficient (Wildman–Crippen LogP) is 3.70. The zero-order valence-corrected chi connectivity index (χ0v) is 12.5. The van der Waals surface area contributed by atoms with Crippen LogP contribution < -0.4 is 5.32 Å². The van der Waals surface area contributed by atoms with Gasteiger partial charge < -0.3 is 9.52 Å². The fourth-order valence-electron chi connectivity index (χ4n) is 3.07. The number of rotatable bonds is 6. The van der Waals surface area contributed by atoms with E-state index >= 15 is 0 Å². The Morgan fingerprint density at radius 3 is 2.91 bits per heavy atom. The van der Waals surface area contributed by atoms with E-state index in [0.717, 1.165) is 16.9 Å². The molecule has 1 aromatic heterocycles. The molecule has 3 heteroatoms. The highest BCUT2D eigenvalue weighted by molar-refractivity contribution is 5.36. The lowest BCUT2D eigenvalue weighted by atomic mass is 10.0. The van der Waals surface area contributed by atoms with Crippen LogP contribution in [0, 0.1) is 0 Å². The van der Waals surface area contributed by atoms with Crippen LogP contribution in [0.2, 0.25) is 0 Å². The van der Waals surface area contributed by atoms with Gasteiger partial charge in [-0.25, -0.2) is 0 Å². The fourth-order valence-corrected chi connectivity index (χ4v) is 3.07. The average molecular weight is 295 g/mol. The molecule has 2 aromatic rings. The normalized spacial score (nSPS) is 21.3. The molecule has 0 radical (unpaired) electrons. The number of hydrogen-bond acceptors (Lipinski definition) is 3. The maximum Gasteiger partial charge on any atom is 0.121 e. The smallest absolute Gasteiger partial charge is 0.121 e. The van der Waals surface area contributed by atoms with Gasteiger partial charge in [0.05, 0.1) is 24.5 Å². The van der Waals surface area contributed by atoms with Gasteiger partial charge in [0.2, 0.25) is 0 Å². The van der Waals surface area contributed by atoms with Crippen LogP contribution in [0.4, 0.5) is 0 Å². The van der Waals surface area contributed by atoms with Gasteiger partial charge in [0.1, 0.15) is 5.76 Å². The van der Waals surface area contributed by atoms with Crippen molar-refractivity contribution in [1.82, 2.24) is 5.32 Å². The first-order valence-corrected chi connectivity index (χ1v) is 7.54. The molecule has 0 saturated heterocycles. The third-order valence-electron chi connectivity index (χ3n) is 4.23. The number of allylic oxidation sites excluding steroid dienone is 1. The summed E-state index contributed by atoms with van der Waals surface area (Å²) in [6, 6.07) is 11.9. The SMILES string of the molecule is C=CC(=C)C[C@H](N[C@H]1c2ccccc2C[C@H]1O)c1ccco1. The van der Waals surface area contributed by atoms with E-state index in [-0.39, 0.29) is 12.1 Å². The summed E-state index contributed by atoms with van der Waals surface area (Å²) in [4.78, 5) is 0. The van der Waals surface area contributed by atoms with Crippen LogP contribution in [0.15, 0.2) is 71.9 Å². The molecule has 114 valence electrons. The van der Waals surface area contributed by atoms with E-state index in [0.29, 0.717) is 12.8 Å². The lowest BCUT2D eigenvalue weighted by molar-refractivity contribution is 0.132. The number of furan rings is 1. The largest absolute Gasteiger partial charge is 0.468 e. The van der Waals surface area contributed by atoms with Crippen LogP contribution in [0.3, 0.4) is 0 Å². The first-order valence-electron chi connectivity index (χ1n) is 7.54. The van der Waals surface area contributed by atoms with Crippen molar-refractivity contribution < 1.29 is 9.52 Å². The summed E-state index contributed by atoms with van der Waals surface area (Å²) in [5.74, 6) is 0.847.